The number of tetrazole rings is 1. The second kappa shape index (κ2) is 6.68. The number of rotatable bonds is 4. The molecule has 1 aliphatic heterocycles. The fourth-order valence-electron chi connectivity index (χ4n) is 3.18. The van der Waals surface area contributed by atoms with Crippen LogP contribution >= 0.6 is 0 Å². The molecule has 0 spiro atoms. The molecule has 144 valence electrons. The van der Waals surface area contributed by atoms with Crippen LogP contribution in [0.25, 0.3) is 22.5 Å². The van der Waals surface area contributed by atoms with E-state index < -0.39 is 15.9 Å². The van der Waals surface area contributed by atoms with Crippen molar-refractivity contribution in [2.45, 2.75) is 24.1 Å². The number of ether oxygens (including phenoxy) is 1. The van der Waals surface area contributed by atoms with E-state index in [0.29, 0.717) is 11.1 Å². The number of aromatic nitrogens is 5. The quantitative estimate of drug-likeness (QED) is 0.671. The number of H-pyrrole nitrogens is 1. The molecule has 4 rings (SSSR count). The lowest BCUT2D eigenvalue weighted by Gasteiger charge is -2.15. The number of amides is 1. The predicted molar refractivity (Wildman–Crippen MR) is 97.8 cm³/mol. The monoisotopic (exact) mass is 400 g/mol. The van der Waals surface area contributed by atoms with Gasteiger partial charge in [0.15, 0.2) is 20.7 Å². The zero-order valence-electron chi connectivity index (χ0n) is 14.9. The summed E-state index contributed by atoms with van der Waals surface area (Å²) in [5, 5.41) is 16.1. The number of cyclic esters (lactones) is 1. The lowest BCUT2D eigenvalue weighted by atomic mass is 9.97. The molecular formula is C17H16N6O4S. The van der Waals surface area contributed by atoms with Crippen LogP contribution in [0.5, 0.6) is 0 Å². The van der Waals surface area contributed by atoms with Gasteiger partial charge in [-0.25, -0.2) is 23.3 Å². The number of hydrogen-bond donors (Lipinski definition) is 2. The summed E-state index contributed by atoms with van der Waals surface area (Å²) >= 11 is 0. The van der Waals surface area contributed by atoms with Crippen LogP contribution in [0.1, 0.15) is 18.6 Å². The smallest absolute Gasteiger partial charge is 0.408 e. The third-order valence-electron chi connectivity index (χ3n) is 4.43. The Morgan fingerprint density at radius 3 is 2.46 bits per heavy atom. The molecule has 1 fully saturated rings. The second-order valence-electron chi connectivity index (χ2n) is 6.44. The molecule has 3 aromatic rings. The first-order valence-corrected chi connectivity index (χ1v) is 10.2. The molecule has 11 heteroatoms. The van der Waals surface area contributed by atoms with Gasteiger partial charge in [-0.05, 0) is 40.1 Å². The molecule has 3 heterocycles. The number of pyridine rings is 1. The van der Waals surface area contributed by atoms with Gasteiger partial charge in [0.1, 0.15) is 6.10 Å². The van der Waals surface area contributed by atoms with Gasteiger partial charge >= 0.3 is 6.09 Å². The van der Waals surface area contributed by atoms with Crippen molar-refractivity contribution in [3.63, 3.8) is 0 Å². The predicted octanol–water partition coefficient (Wildman–Crippen LogP) is 1.50. The minimum Gasteiger partial charge on any atom is -0.439 e. The first kappa shape index (κ1) is 18.0. The van der Waals surface area contributed by atoms with Gasteiger partial charge < -0.3 is 10.1 Å². The highest BCUT2D eigenvalue weighted by Crippen LogP contribution is 2.35. The summed E-state index contributed by atoms with van der Waals surface area (Å²) in [5.74, 6) is 0.204. The van der Waals surface area contributed by atoms with E-state index in [4.69, 9.17) is 4.74 Å². The number of hydrogen-bond acceptors (Lipinski definition) is 8. The molecule has 28 heavy (non-hydrogen) atoms. The Bertz CT molecular complexity index is 1130. The number of alkyl carbamates (subject to hydrolysis) is 1. The van der Waals surface area contributed by atoms with Gasteiger partial charge in [0.25, 0.3) is 0 Å². The molecule has 0 saturated carbocycles. The Labute approximate surface area is 160 Å². The van der Waals surface area contributed by atoms with Gasteiger partial charge in [0, 0.05) is 12.5 Å². The van der Waals surface area contributed by atoms with E-state index in [0.717, 1.165) is 17.4 Å². The van der Waals surface area contributed by atoms with E-state index >= 15 is 0 Å². The summed E-state index contributed by atoms with van der Waals surface area (Å²) in [7, 11) is -3.62. The maximum absolute atomic E-state index is 12.2. The Hall–Kier alpha value is -3.34. The number of sulfone groups is 1. The molecule has 0 bridgehead atoms. The second-order valence-corrected chi connectivity index (χ2v) is 8.37. The molecule has 1 unspecified atom stereocenters. The molecule has 1 amide bonds. The van der Waals surface area contributed by atoms with Gasteiger partial charge in [-0.15, -0.1) is 5.10 Å². The van der Waals surface area contributed by atoms with Gasteiger partial charge in [0.2, 0.25) is 0 Å². The van der Waals surface area contributed by atoms with Crippen molar-refractivity contribution in [2.75, 3.05) is 6.26 Å². The van der Waals surface area contributed by atoms with Crippen molar-refractivity contribution in [3.8, 4) is 22.5 Å². The van der Waals surface area contributed by atoms with Gasteiger partial charge in [0.05, 0.1) is 11.6 Å². The zero-order chi connectivity index (χ0) is 19.9. The van der Waals surface area contributed by atoms with E-state index in [9.17, 15) is 13.2 Å². The van der Waals surface area contributed by atoms with Gasteiger partial charge in [-0.1, -0.05) is 24.3 Å². The molecule has 0 aliphatic carbocycles. The molecule has 2 atom stereocenters. The van der Waals surface area contributed by atoms with Crippen LogP contribution in [0, 0.1) is 0 Å². The summed E-state index contributed by atoms with van der Waals surface area (Å²) in [6.45, 7) is 1.86. The number of aromatic amines is 1. The van der Waals surface area contributed by atoms with Crippen molar-refractivity contribution in [2.24, 2.45) is 0 Å². The average molecular weight is 400 g/mol. The van der Waals surface area contributed by atoms with E-state index in [2.05, 4.69) is 30.9 Å². The largest absolute Gasteiger partial charge is 0.439 e. The van der Waals surface area contributed by atoms with E-state index in [-0.39, 0.29) is 23.0 Å². The molecule has 1 aromatic carbocycles. The van der Waals surface area contributed by atoms with Crippen molar-refractivity contribution < 1.29 is 17.9 Å². The number of benzene rings is 1. The molecule has 10 nitrogen and oxygen atoms in total. The highest BCUT2D eigenvalue weighted by molar-refractivity contribution is 7.90. The molecule has 0 radical (unpaired) electrons. The fourth-order valence-corrected chi connectivity index (χ4v) is 4.01. The Morgan fingerprint density at radius 2 is 1.89 bits per heavy atom. The van der Waals surface area contributed by atoms with E-state index in [1.807, 2.05) is 31.2 Å². The molecule has 1 saturated heterocycles. The summed E-state index contributed by atoms with van der Waals surface area (Å²) in [5.41, 5.74) is 2.47. The standard InChI is InChI=1S/C17H16N6O4S/c1-9-14(27-17(24)19-9)11-5-3-10(4-6-11)12-7-8-18-16(28(2,25)26)13(12)15-20-22-23-21-15/h3-9,14H,1-2H3,(H,19,24)(H,20,21,22,23)/t9-,14?/m1/s1. The summed E-state index contributed by atoms with van der Waals surface area (Å²) in [6.07, 6.45) is 1.67. The summed E-state index contributed by atoms with van der Waals surface area (Å²) in [4.78, 5) is 15.4. The van der Waals surface area contributed by atoms with Crippen LogP contribution in [0.15, 0.2) is 41.6 Å². The van der Waals surface area contributed by atoms with Crippen LogP contribution in [0.3, 0.4) is 0 Å². The first-order chi connectivity index (χ1) is 13.3. The van der Waals surface area contributed by atoms with E-state index in [1.165, 1.54) is 6.20 Å². The van der Waals surface area contributed by atoms with Crippen molar-refractivity contribution in [1.29, 1.82) is 0 Å². The minimum absolute atomic E-state index is 0.116. The van der Waals surface area contributed by atoms with Gasteiger partial charge in [-0.3, -0.25) is 0 Å². The molecule has 1 aliphatic rings. The Balaban J connectivity index is 1.81. The van der Waals surface area contributed by atoms with Crippen molar-refractivity contribution in [1.82, 2.24) is 30.9 Å². The zero-order valence-corrected chi connectivity index (χ0v) is 15.8. The highest BCUT2D eigenvalue weighted by Gasteiger charge is 2.31. The van der Waals surface area contributed by atoms with Crippen LogP contribution in [-0.4, -0.2) is 52.4 Å². The third-order valence-corrected chi connectivity index (χ3v) is 5.45. The SMILES string of the molecule is C[C@H]1NC(=O)OC1c1ccc(-c2ccnc(S(C)(=O)=O)c2-c2nnn[nH]2)cc1. The summed E-state index contributed by atoms with van der Waals surface area (Å²) in [6, 6.07) is 8.86. The number of carbonyl (C=O) groups is 1. The van der Waals surface area contributed by atoms with Crippen LogP contribution in [0.4, 0.5) is 4.79 Å². The number of carbonyl (C=O) groups excluding carboxylic acids is 1. The van der Waals surface area contributed by atoms with E-state index in [1.54, 1.807) is 6.07 Å². The topological polar surface area (TPSA) is 140 Å². The number of nitrogens with zero attached hydrogens (tertiary/aromatic N) is 4. The van der Waals surface area contributed by atoms with Crippen LogP contribution in [-0.2, 0) is 14.6 Å². The number of nitrogens with one attached hydrogen (secondary N) is 2. The van der Waals surface area contributed by atoms with Crippen LogP contribution in [0.2, 0.25) is 0 Å². The average Bonchev–Trinajstić information content (AvgIpc) is 3.30. The summed E-state index contributed by atoms with van der Waals surface area (Å²) < 4.78 is 29.7. The fraction of sp³-hybridized carbons (Fsp3) is 0.235. The Morgan fingerprint density at radius 1 is 1.14 bits per heavy atom. The van der Waals surface area contributed by atoms with Crippen molar-refractivity contribution in [3.05, 3.63) is 42.1 Å². The maximum Gasteiger partial charge on any atom is 0.408 e. The highest BCUT2D eigenvalue weighted by atomic mass is 32.2. The normalized spacial score (nSPS) is 19.3. The molecule has 2 N–H and O–H groups in total. The lowest BCUT2D eigenvalue weighted by Crippen LogP contribution is -2.23. The third kappa shape index (κ3) is 3.20. The minimum atomic E-state index is -3.62. The maximum atomic E-state index is 12.2. The van der Waals surface area contributed by atoms with Gasteiger partial charge in [-0.2, -0.15) is 0 Å². The first-order valence-electron chi connectivity index (χ1n) is 8.35. The van der Waals surface area contributed by atoms with Crippen molar-refractivity contribution >= 4 is 15.9 Å². The Kier molecular flexibility index (Phi) is 4.30. The molecular weight excluding hydrogens is 384 g/mol. The molecule has 2 aromatic heterocycles. The lowest BCUT2D eigenvalue weighted by molar-refractivity contribution is 0.134. The van der Waals surface area contributed by atoms with Crippen LogP contribution < -0.4 is 5.32 Å².